The van der Waals surface area contributed by atoms with E-state index in [1.807, 2.05) is 30.3 Å². The summed E-state index contributed by atoms with van der Waals surface area (Å²) in [6, 6.07) is 11.5. The molecule has 0 amide bonds. The molecule has 1 unspecified atom stereocenters. The number of rotatable bonds is 6. The number of likely N-dealkylation sites (tertiary alicyclic amines) is 1. The van der Waals surface area contributed by atoms with Gasteiger partial charge in [-0.05, 0) is 38.1 Å². The molecule has 182 valence electrons. The van der Waals surface area contributed by atoms with Gasteiger partial charge in [0.2, 0.25) is 0 Å². The quantitative estimate of drug-likeness (QED) is 0.509. The van der Waals surface area contributed by atoms with Crippen molar-refractivity contribution in [2.24, 2.45) is 0 Å². The molecule has 1 N–H and O–H groups in total. The molecule has 2 aliphatic rings. The Bertz CT molecular complexity index is 1400. The molecule has 5 rings (SSSR count). The first-order valence-corrected chi connectivity index (χ1v) is 11.7. The summed E-state index contributed by atoms with van der Waals surface area (Å²) in [6.45, 7) is 1.92. The Balaban J connectivity index is 1.58. The molecular weight excluding hydrogens is 456 g/mol. The van der Waals surface area contributed by atoms with Gasteiger partial charge in [-0.1, -0.05) is 12.0 Å². The van der Waals surface area contributed by atoms with Crippen LogP contribution in [-0.4, -0.2) is 49.5 Å². The highest BCUT2D eigenvalue weighted by molar-refractivity contribution is 6.01. The number of allylic oxidation sites excluding steroid dienone is 1. The lowest BCUT2D eigenvalue weighted by atomic mass is 10.1. The molecule has 1 saturated heterocycles. The SMILES string of the molecule is C#CC=CC1Oc2cccc(Nc3c(C#N)cnc4cc(OC)cc(OC5CCN(C)CC5)c34)c2O1. The van der Waals surface area contributed by atoms with Gasteiger partial charge >= 0.3 is 0 Å². The Labute approximate surface area is 210 Å². The van der Waals surface area contributed by atoms with Crippen LogP contribution in [0, 0.1) is 23.7 Å². The number of anilines is 2. The number of methoxy groups -OCH3 is 1. The van der Waals surface area contributed by atoms with Crippen LogP contribution in [-0.2, 0) is 0 Å². The molecule has 36 heavy (non-hydrogen) atoms. The average molecular weight is 483 g/mol. The normalized spacial score (nSPS) is 17.6. The summed E-state index contributed by atoms with van der Waals surface area (Å²) in [6.07, 6.45) is 11.3. The minimum absolute atomic E-state index is 0.0523. The molecule has 3 heterocycles. The largest absolute Gasteiger partial charge is 0.497 e. The maximum absolute atomic E-state index is 9.95. The van der Waals surface area contributed by atoms with E-state index in [2.05, 4.69) is 34.2 Å². The number of hydrogen-bond acceptors (Lipinski definition) is 8. The molecule has 0 saturated carbocycles. The zero-order valence-electron chi connectivity index (χ0n) is 20.2. The third kappa shape index (κ3) is 4.59. The summed E-state index contributed by atoms with van der Waals surface area (Å²) < 4.78 is 23.8. The van der Waals surface area contributed by atoms with Crippen LogP contribution in [0.15, 0.2) is 48.7 Å². The summed E-state index contributed by atoms with van der Waals surface area (Å²) in [5, 5.41) is 14.1. The molecule has 0 bridgehead atoms. The second-order valence-corrected chi connectivity index (χ2v) is 8.69. The van der Waals surface area contributed by atoms with Gasteiger partial charge in [-0.25, -0.2) is 0 Å². The van der Waals surface area contributed by atoms with Gasteiger partial charge in [0, 0.05) is 37.5 Å². The Kier molecular flexibility index (Phi) is 6.53. The number of fused-ring (bicyclic) bond motifs is 2. The highest BCUT2D eigenvalue weighted by Crippen LogP contribution is 2.45. The van der Waals surface area contributed by atoms with E-state index in [1.165, 1.54) is 6.08 Å². The van der Waals surface area contributed by atoms with E-state index >= 15 is 0 Å². The third-order valence-electron chi connectivity index (χ3n) is 6.29. The lowest BCUT2D eigenvalue weighted by Crippen LogP contribution is -2.35. The van der Waals surface area contributed by atoms with Gasteiger partial charge < -0.3 is 29.2 Å². The molecule has 2 aromatic carbocycles. The van der Waals surface area contributed by atoms with E-state index in [1.54, 1.807) is 19.4 Å². The molecule has 1 aromatic heterocycles. The molecular formula is C28H26N4O4. The zero-order chi connectivity index (χ0) is 25.1. The second-order valence-electron chi connectivity index (χ2n) is 8.69. The van der Waals surface area contributed by atoms with Crippen molar-refractivity contribution in [1.29, 1.82) is 5.26 Å². The van der Waals surface area contributed by atoms with E-state index in [4.69, 9.17) is 25.4 Å². The highest BCUT2D eigenvalue weighted by atomic mass is 16.7. The minimum Gasteiger partial charge on any atom is -0.497 e. The van der Waals surface area contributed by atoms with Crippen LogP contribution in [0.5, 0.6) is 23.0 Å². The van der Waals surface area contributed by atoms with Crippen LogP contribution >= 0.6 is 0 Å². The summed E-state index contributed by atoms with van der Waals surface area (Å²) in [4.78, 5) is 6.82. The number of pyridine rings is 1. The van der Waals surface area contributed by atoms with Gasteiger partial charge in [-0.3, -0.25) is 4.98 Å². The predicted octanol–water partition coefficient (Wildman–Crippen LogP) is 4.62. The minimum atomic E-state index is -0.629. The summed E-state index contributed by atoms with van der Waals surface area (Å²) >= 11 is 0. The van der Waals surface area contributed by atoms with Crippen molar-refractivity contribution in [3.8, 4) is 41.4 Å². The van der Waals surface area contributed by atoms with E-state index in [0.717, 1.165) is 25.9 Å². The zero-order valence-corrected chi connectivity index (χ0v) is 20.2. The number of ether oxygens (including phenoxy) is 4. The second kappa shape index (κ2) is 10.1. The average Bonchev–Trinajstić information content (AvgIpc) is 3.32. The number of piperidine rings is 1. The van der Waals surface area contributed by atoms with Gasteiger partial charge in [0.25, 0.3) is 6.29 Å². The fourth-order valence-electron chi connectivity index (χ4n) is 4.41. The number of nitriles is 1. The topological polar surface area (TPSA) is 88.9 Å². The van der Waals surface area contributed by atoms with Crippen molar-refractivity contribution < 1.29 is 18.9 Å². The van der Waals surface area contributed by atoms with Crippen LogP contribution in [0.4, 0.5) is 11.4 Å². The first-order chi connectivity index (χ1) is 17.6. The van der Waals surface area contributed by atoms with Crippen molar-refractivity contribution >= 4 is 22.3 Å². The van der Waals surface area contributed by atoms with Crippen molar-refractivity contribution in [3.05, 3.63) is 54.2 Å². The fourth-order valence-corrected chi connectivity index (χ4v) is 4.41. The van der Waals surface area contributed by atoms with Gasteiger partial charge in [0.05, 0.1) is 35.0 Å². The molecule has 8 heteroatoms. The molecule has 2 aliphatic heterocycles. The molecule has 8 nitrogen and oxygen atoms in total. The van der Waals surface area contributed by atoms with Gasteiger partial charge in [0.1, 0.15) is 23.7 Å². The van der Waals surface area contributed by atoms with E-state index < -0.39 is 6.29 Å². The van der Waals surface area contributed by atoms with Gasteiger partial charge in [0.15, 0.2) is 11.5 Å². The molecule has 1 fully saturated rings. The van der Waals surface area contributed by atoms with Crippen molar-refractivity contribution in [3.63, 3.8) is 0 Å². The first kappa shape index (κ1) is 23.3. The Hall–Kier alpha value is -4.40. The van der Waals surface area contributed by atoms with Crippen LogP contribution < -0.4 is 24.3 Å². The monoisotopic (exact) mass is 482 g/mol. The fraction of sp³-hybridized carbons (Fsp3) is 0.286. The Morgan fingerprint density at radius 2 is 2.08 bits per heavy atom. The summed E-state index contributed by atoms with van der Waals surface area (Å²) in [5.41, 5.74) is 2.25. The van der Waals surface area contributed by atoms with Crippen molar-refractivity contribution in [1.82, 2.24) is 9.88 Å². The standard InChI is InChI=1S/C28H26N4O4/c1-4-5-9-25-35-23-8-6-7-21(28(23)36-25)31-27-18(16-29)17-30-22-14-20(33-3)15-24(26(22)27)34-19-10-12-32(2)13-11-19/h1,5-9,14-15,17,19,25H,10-13H2,2-3H3,(H,30,31). The maximum Gasteiger partial charge on any atom is 0.262 e. The van der Waals surface area contributed by atoms with E-state index in [-0.39, 0.29) is 6.10 Å². The lowest BCUT2D eigenvalue weighted by Gasteiger charge is -2.30. The number of hydrogen-bond donors (Lipinski definition) is 1. The van der Waals surface area contributed by atoms with Crippen LogP contribution in [0.3, 0.4) is 0 Å². The number of aromatic nitrogens is 1. The van der Waals surface area contributed by atoms with Crippen molar-refractivity contribution in [2.75, 3.05) is 32.6 Å². The Morgan fingerprint density at radius 1 is 1.25 bits per heavy atom. The third-order valence-corrected chi connectivity index (χ3v) is 6.29. The number of terminal acetylenes is 1. The molecule has 3 aromatic rings. The van der Waals surface area contributed by atoms with Gasteiger partial charge in [-0.2, -0.15) is 5.26 Å². The molecule has 1 atom stereocenters. The van der Waals surface area contributed by atoms with Crippen LogP contribution in [0.2, 0.25) is 0 Å². The summed E-state index contributed by atoms with van der Waals surface area (Å²) in [5.74, 6) is 4.79. The highest BCUT2D eigenvalue weighted by Gasteiger charge is 2.27. The molecule has 0 spiro atoms. The number of nitrogens with one attached hydrogen (secondary N) is 1. The first-order valence-electron chi connectivity index (χ1n) is 11.7. The molecule has 0 aliphatic carbocycles. The van der Waals surface area contributed by atoms with Crippen molar-refractivity contribution in [2.45, 2.75) is 25.2 Å². The smallest absolute Gasteiger partial charge is 0.262 e. The van der Waals surface area contributed by atoms with Crippen LogP contribution in [0.25, 0.3) is 10.9 Å². The predicted molar refractivity (Wildman–Crippen MR) is 137 cm³/mol. The number of para-hydroxylation sites is 1. The van der Waals surface area contributed by atoms with Gasteiger partial charge in [-0.15, -0.1) is 6.42 Å². The summed E-state index contributed by atoms with van der Waals surface area (Å²) in [7, 11) is 3.72. The lowest BCUT2D eigenvalue weighted by molar-refractivity contribution is 0.0956. The Morgan fingerprint density at radius 3 is 2.83 bits per heavy atom. The maximum atomic E-state index is 9.95. The van der Waals surface area contributed by atoms with Crippen LogP contribution in [0.1, 0.15) is 18.4 Å². The van der Waals surface area contributed by atoms with E-state index in [0.29, 0.717) is 50.8 Å². The van der Waals surface area contributed by atoms with E-state index in [9.17, 15) is 5.26 Å². The number of benzene rings is 2. The molecule has 0 radical (unpaired) electrons. The number of nitrogens with zero attached hydrogens (tertiary/aromatic N) is 3.